The Kier molecular flexibility index (Phi) is 2.50. The Balaban J connectivity index is 1.90. The van der Waals surface area contributed by atoms with Crippen LogP contribution in [-0.2, 0) is 0 Å². The predicted molar refractivity (Wildman–Crippen MR) is 78.0 cm³/mol. The van der Waals surface area contributed by atoms with E-state index in [-0.39, 0.29) is 6.79 Å². The lowest BCUT2D eigenvalue weighted by Crippen LogP contribution is -1.92. The first-order valence-electron chi connectivity index (χ1n) is 6.17. The second-order valence-corrected chi connectivity index (χ2v) is 5.53. The lowest BCUT2D eigenvalue weighted by atomic mass is 10.2. The standard InChI is InChI=1S/C15H10BrNO3/c1-8-2-3-12-11(4-8)17-15(20-12)9-5-13-14(6-10(9)16)19-7-18-13/h2-6H,7H2,1H3. The molecule has 0 atom stereocenters. The van der Waals surface area contributed by atoms with E-state index in [0.29, 0.717) is 11.6 Å². The summed E-state index contributed by atoms with van der Waals surface area (Å²) < 4.78 is 17.4. The molecule has 0 bridgehead atoms. The molecule has 0 fully saturated rings. The molecule has 1 aliphatic heterocycles. The van der Waals surface area contributed by atoms with Gasteiger partial charge in [-0.2, -0.15) is 0 Å². The molecule has 4 rings (SSSR count). The Bertz CT molecular complexity index is 825. The third-order valence-corrected chi connectivity index (χ3v) is 3.89. The van der Waals surface area contributed by atoms with Crippen LogP contribution in [0.1, 0.15) is 5.56 Å². The van der Waals surface area contributed by atoms with E-state index in [9.17, 15) is 0 Å². The van der Waals surface area contributed by atoms with E-state index in [1.165, 1.54) is 0 Å². The third kappa shape index (κ3) is 1.78. The fourth-order valence-electron chi connectivity index (χ4n) is 2.23. The summed E-state index contributed by atoms with van der Waals surface area (Å²) in [5.74, 6) is 2.00. The van der Waals surface area contributed by atoms with Crippen molar-refractivity contribution in [1.29, 1.82) is 0 Å². The van der Waals surface area contributed by atoms with Crippen molar-refractivity contribution in [3.63, 3.8) is 0 Å². The zero-order chi connectivity index (χ0) is 13.7. The van der Waals surface area contributed by atoms with Crippen LogP contribution in [-0.4, -0.2) is 11.8 Å². The fraction of sp³-hybridized carbons (Fsp3) is 0.133. The number of aryl methyl sites for hydroxylation is 1. The van der Waals surface area contributed by atoms with Crippen LogP contribution < -0.4 is 9.47 Å². The van der Waals surface area contributed by atoms with Gasteiger partial charge in [0, 0.05) is 4.47 Å². The number of hydrogen-bond donors (Lipinski definition) is 0. The van der Waals surface area contributed by atoms with Crippen LogP contribution >= 0.6 is 15.9 Å². The molecule has 1 aromatic heterocycles. The van der Waals surface area contributed by atoms with E-state index >= 15 is 0 Å². The fourth-order valence-corrected chi connectivity index (χ4v) is 2.73. The van der Waals surface area contributed by atoms with Crippen molar-refractivity contribution in [3.8, 4) is 23.0 Å². The van der Waals surface area contributed by atoms with Gasteiger partial charge < -0.3 is 13.9 Å². The molecule has 0 radical (unpaired) electrons. The van der Waals surface area contributed by atoms with Gasteiger partial charge in [0.2, 0.25) is 12.7 Å². The minimum Gasteiger partial charge on any atom is -0.454 e. The number of oxazole rings is 1. The van der Waals surface area contributed by atoms with Crippen molar-refractivity contribution < 1.29 is 13.9 Å². The third-order valence-electron chi connectivity index (χ3n) is 3.24. The molecule has 0 unspecified atom stereocenters. The number of rotatable bonds is 1. The topological polar surface area (TPSA) is 44.5 Å². The molecule has 100 valence electrons. The summed E-state index contributed by atoms with van der Waals surface area (Å²) in [4.78, 5) is 4.54. The first-order chi connectivity index (χ1) is 9.70. The number of aromatic nitrogens is 1. The Labute approximate surface area is 123 Å². The molecule has 5 heteroatoms. The molecular formula is C15H10BrNO3. The number of fused-ring (bicyclic) bond motifs is 2. The number of benzene rings is 2. The predicted octanol–water partition coefficient (Wildman–Crippen LogP) is 4.29. The van der Waals surface area contributed by atoms with Crippen molar-refractivity contribution in [2.75, 3.05) is 6.79 Å². The van der Waals surface area contributed by atoms with Crippen LogP contribution in [0.5, 0.6) is 11.5 Å². The summed E-state index contributed by atoms with van der Waals surface area (Å²) in [7, 11) is 0. The highest BCUT2D eigenvalue weighted by Crippen LogP contribution is 2.41. The van der Waals surface area contributed by atoms with Crippen LogP contribution in [0.15, 0.2) is 39.2 Å². The summed E-state index contributed by atoms with van der Waals surface area (Å²) in [5, 5.41) is 0. The molecule has 0 saturated heterocycles. The molecule has 0 amide bonds. The Hall–Kier alpha value is -2.01. The zero-order valence-electron chi connectivity index (χ0n) is 10.6. The smallest absolute Gasteiger partial charge is 0.231 e. The first-order valence-corrected chi connectivity index (χ1v) is 6.97. The summed E-state index contributed by atoms with van der Waals surface area (Å²) in [6.45, 7) is 2.28. The minimum absolute atomic E-state index is 0.248. The van der Waals surface area contributed by atoms with Crippen molar-refractivity contribution in [1.82, 2.24) is 4.98 Å². The van der Waals surface area contributed by atoms with Crippen molar-refractivity contribution in [2.24, 2.45) is 0 Å². The highest BCUT2D eigenvalue weighted by Gasteiger charge is 2.19. The number of halogens is 1. The molecule has 0 saturated carbocycles. The van der Waals surface area contributed by atoms with E-state index in [1.807, 2.05) is 37.3 Å². The maximum absolute atomic E-state index is 5.81. The highest BCUT2D eigenvalue weighted by molar-refractivity contribution is 9.10. The zero-order valence-corrected chi connectivity index (χ0v) is 12.2. The average molecular weight is 332 g/mol. The van der Waals surface area contributed by atoms with Gasteiger partial charge in [0.15, 0.2) is 17.1 Å². The van der Waals surface area contributed by atoms with Crippen LogP contribution in [0, 0.1) is 6.92 Å². The van der Waals surface area contributed by atoms with Crippen molar-refractivity contribution in [2.45, 2.75) is 6.92 Å². The highest BCUT2D eigenvalue weighted by atomic mass is 79.9. The molecule has 2 heterocycles. The summed E-state index contributed by atoms with van der Waals surface area (Å²) >= 11 is 3.52. The Morgan fingerprint density at radius 1 is 1.10 bits per heavy atom. The lowest BCUT2D eigenvalue weighted by molar-refractivity contribution is 0.174. The van der Waals surface area contributed by atoms with Gasteiger partial charge in [0.1, 0.15) is 5.52 Å². The van der Waals surface area contributed by atoms with E-state index in [1.54, 1.807) is 0 Å². The molecule has 20 heavy (non-hydrogen) atoms. The van der Waals surface area contributed by atoms with Gasteiger partial charge in [0.05, 0.1) is 5.56 Å². The molecule has 3 aromatic rings. The molecule has 0 aliphatic carbocycles. The Morgan fingerprint density at radius 3 is 2.75 bits per heavy atom. The monoisotopic (exact) mass is 331 g/mol. The second-order valence-electron chi connectivity index (χ2n) is 4.68. The van der Waals surface area contributed by atoms with Crippen LogP contribution in [0.4, 0.5) is 0 Å². The van der Waals surface area contributed by atoms with Crippen molar-refractivity contribution >= 4 is 27.0 Å². The first kappa shape index (κ1) is 11.8. The summed E-state index contributed by atoms with van der Waals surface area (Å²) in [5.41, 5.74) is 3.63. The van der Waals surface area contributed by atoms with E-state index in [2.05, 4.69) is 20.9 Å². The quantitative estimate of drug-likeness (QED) is 0.667. The number of hydrogen-bond acceptors (Lipinski definition) is 4. The van der Waals surface area contributed by atoms with Gasteiger partial charge in [-0.1, -0.05) is 6.07 Å². The Morgan fingerprint density at radius 2 is 1.90 bits per heavy atom. The maximum Gasteiger partial charge on any atom is 0.231 e. The number of nitrogens with zero attached hydrogens (tertiary/aromatic N) is 1. The largest absolute Gasteiger partial charge is 0.454 e. The lowest BCUT2D eigenvalue weighted by Gasteiger charge is -2.02. The normalized spacial score (nSPS) is 13.1. The van der Waals surface area contributed by atoms with Gasteiger partial charge >= 0.3 is 0 Å². The molecule has 1 aliphatic rings. The van der Waals surface area contributed by atoms with Gasteiger partial charge in [-0.05, 0) is 52.7 Å². The molecular weight excluding hydrogens is 322 g/mol. The molecule has 0 spiro atoms. The number of ether oxygens (including phenoxy) is 2. The van der Waals surface area contributed by atoms with E-state index in [4.69, 9.17) is 13.9 Å². The van der Waals surface area contributed by atoms with Gasteiger partial charge in [-0.3, -0.25) is 0 Å². The summed E-state index contributed by atoms with van der Waals surface area (Å²) in [6, 6.07) is 9.69. The van der Waals surface area contributed by atoms with Crippen molar-refractivity contribution in [3.05, 3.63) is 40.4 Å². The maximum atomic E-state index is 5.81. The second kappa shape index (κ2) is 4.24. The van der Waals surface area contributed by atoms with Crippen LogP contribution in [0.25, 0.3) is 22.6 Å². The van der Waals surface area contributed by atoms with Gasteiger partial charge in [0.25, 0.3) is 0 Å². The van der Waals surface area contributed by atoms with E-state index < -0.39 is 0 Å². The molecule has 2 aromatic carbocycles. The average Bonchev–Trinajstić information content (AvgIpc) is 3.02. The van der Waals surface area contributed by atoms with Crippen LogP contribution in [0.3, 0.4) is 0 Å². The summed E-state index contributed by atoms with van der Waals surface area (Å²) in [6.07, 6.45) is 0. The van der Waals surface area contributed by atoms with E-state index in [0.717, 1.165) is 32.4 Å². The minimum atomic E-state index is 0.248. The molecule has 0 N–H and O–H groups in total. The van der Waals surface area contributed by atoms with Crippen LogP contribution in [0.2, 0.25) is 0 Å². The van der Waals surface area contributed by atoms with Gasteiger partial charge in [-0.15, -0.1) is 0 Å². The molecule has 4 nitrogen and oxygen atoms in total. The van der Waals surface area contributed by atoms with Gasteiger partial charge in [-0.25, -0.2) is 4.98 Å². The SMILES string of the molecule is Cc1ccc2oc(-c3cc4c(cc3Br)OCO4)nc2c1.